The van der Waals surface area contributed by atoms with Crippen molar-refractivity contribution in [3.8, 4) is 5.88 Å². The predicted octanol–water partition coefficient (Wildman–Crippen LogP) is 1.84. The molecule has 1 aliphatic rings. The van der Waals surface area contributed by atoms with Crippen LogP contribution in [0.5, 0.6) is 5.88 Å². The van der Waals surface area contributed by atoms with Crippen LogP contribution in [0.15, 0.2) is 23.3 Å². The lowest BCUT2D eigenvalue weighted by molar-refractivity contribution is -0.154. The Hall–Kier alpha value is -2.52. The minimum absolute atomic E-state index is 0.0882. The Morgan fingerprint density at radius 1 is 1.41 bits per heavy atom. The zero-order valence-corrected chi connectivity index (χ0v) is 15.4. The van der Waals surface area contributed by atoms with E-state index in [2.05, 4.69) is 20.0 Å². The quantitative estimate of drug-likeness (QED) is 0.471. The van der Waals surface area contributed by atoms with Crippen molar-refractivity contribution in [1.29, 1.82) is 0 Å². The van der Waals surface area contributed by atoms with E-state index in [-0.39, 0.29) is 23.7 Å². The molecule has 1 aliphatic heterocycles. The van der Waals surface area contributed by atoms with Crippen molar-refractivity contribution in [3.05, 3.63) is 23.9 Å². The van der Waals surface area contributed by atoms with Gasteiger partial charge in [0.05, 0.1) is 13.0 Å². The number of methoxy groups -OCH3 is 1. The predicted molar refractivity (Wildman–Crippen MR) is 92.2 cm³/mol. The minimum Gasteiger partial charge on any atom is -0.469 e. The maximum absolute atomic E-state index is 12.1. The first-order chi connectivity index (χ1) is 12.7. The Morgan fingerprint density at radius 2 is 2.15 bits per heavy atom. The van der Waals surface area contributed by atoms with Crippen molar-refractivity contribution in [2.24, 2.45) is 16.8 Å². The third kappa shape index (κ3) is 6.00. The Bertz CT molecular complexity index is 664. The van der Waals surface area contributed by atoms with Gasteiger partial charge in [0.15, 0.2) is 12.6 Å². The van der Waals surface area contributed by atoms with Gasteiger partial charge in [0.1, 0.15) is 0 Å². The summed E-state index contributed by atoms with van der Waals surface area (Å²) >= 11 is 0. The van der Waals surface area contributed by atoms with E-state index < -0.39 is 12.8 Å². The van der Waals surface area contributed by atoms with E-state index in [1.807, 2.05) is 11.8 Å². The molecular weight excluding hydrogens is 365 g/mol. The number of aromatic nitrogens is 1. The fraction of sp³-hybridized carbons (Fsp3) is 0.588. The Balaban J connectivity index is 1.88. The zero-order valence-electron chi connectivity index (χ0n) is 15.4. The van der Waals surface area contributed by atoms with Gasteiger partial charge >= 0.3 is 12.1 Å². The van der Waals surface area contributed by atoms with E-state index in [0.717, 1.165) is 5.56 Å². The van der Waals surface area contributed by atoms with Crippen molar-refractivity contribution >= 4 is 11.9 Å². The standard InChI is InChI=1S/C17H23F3N4O3/c1-11-8-24(9-13(11)15(25)26-3)16(21-2)23-7-12-4-5-14(22-6-12)27-10-17(18,19)20/h4-6,11,13H,7-10H2,1-3H3,(H,21,23). The maximum atomic E-state index is 12.1. The van der Waals surface area contributed by atoms with Crippen LogP contribution in [0.3, 0.4) is 0 Å². The Morgan fingerprint density at radius 3 is 2.70 bits per heavy atom. The van der Waals surface area contributed by atoms with E-state index in [1.54, 1.807) is 13.1 Å². The SMILES string of the molecule is CN=C(NCc1ccc(OCC(F)(F)F)nc1)N1CC(C)C(C(=O)OC)C1. The van der Waals surface area contributed by atoms with E-state index in [4.69, 9.17) is 4.74 Å². The number of carbonyl (C=O) groups is 1. The normalized spacial score (nSPS) is 20.5. The number of aliphatic imine (C=N–C) groups is 1. The fourth-order valence-corrected chi connectivity index (χ4v) is 2.87. The highest BCUT2D eigenvalue weighted by molar-refractivity contribution is 5.82. The third-order valence-corrected chi connectivity index (χ3v) is 4.26. The van der Waals surface area contributed by atoms with Crippen LogP contribution in [-0.2, 0) is 16.1 Å². The first kappa shape index (κ1) is 20.8. The van der Waals surface area contributed by atoms with Gasteiger partial charge in [-0.25, -0.2) is 4.98 Å². The largest absolute Gasteiger partial charge is 0.469 e. The molecule has 0 aromatic carbocycles. The van der Waals surface area contributed by atoms with Crippen molar-refractivity contribution in [1.82, 2.24) is 15.2 Å². The summed E-state index contributed by atoms with van der Waals surface area (Å²) < 4.78 is 45.8. The number of hydrogen-bond donors (Lipinski definition) is 1. The molecule has 150 valence electrons. The van der Waals surface area contributed by atoms with Gasteiger partial charge in [-0.2, -0.15) is 13.2 Å². The topological polar surface area (TPSA) is 76.1 Å². The number of alkyl halides is 3. The molecule has 0 amide bonds. The van der Waals surface area contributed by atoms with Gasteiger partial charge in [-0.3, -0.25) is 9.79 Å². The number of guanidine groups is 1. The third-order valence-electron chi connectivity index (χ3n) is 4.26. The summed E-state index contributed by atoms with van der Waals surface area (Å²) in [7, 11) is 3.02. The number of halogens is 3. The molecule has 1 aromatic heterocycles. The van der Waals surface area contributed by atoms with E-state index in [0.29, 0.717) is 25.6 Å². The monoisotopic (exact) mass is 388 g/mol. The second-order valence-corrected chi connectivity index (χ2v) is 6.32. The van der Waals surface area contributed by atoms with Crippen LogP contribution in [0.1, 0.15) is 12.5 Å². The van der Waals surface area contributed by atoms with Gasteiger partial charge in [0, 0.05) is 38.9 Å². The number of nitrogens with one attached hydrogen (secondary N) is 1. The smallest absolute Gasteiger partial charge is 0.422 e. The summed E-state index contributed by atoms with van der Waals surface area (Å²) in [5, 5.41) is 3.16. The van der Waals surface area contributed by atoms with Crippen molar-refractivity contribution in [2.75, 3.05) is 33.9 Å². The first-order valence-corrected chi connectivity index (χ1v) is 8.41. The highest BCUT2D eigenvalue weighted by Crippen LogP contribution is 2.24. The van der Waals surface area contributed by atoms with Crippen molar-refractivity contribution < 1.29 is 27.4 Å². The Kier molecular flexibility index (Phi) is 6.86. The molecule has 2 rings (SSSR count). The number of pyridine rings is 1. The maximum Gasteiger partial charge on any atom is 0.422 e. The zero-order chi connectivity index (χ0) is 20.0. The summed E-state index contributed by atoms with van der Waals surface area (Å²) in [5.41, 5.74) is 0.757. The lowest BCUT2D eigenvalue weighted by atomic mass is 9.99. The van der Waals surface area contributed by atoms with Gasteiger partial charge in [0.25, 0.3) is 0 Å². The fourth-order valence-electron chi connectivity index (χ4n) is 2.87. The summed E-state index contributed by atoms with van der Waals surface area (Å²) in [5.74, 6) is 0.238. The molecular formula is C17H23F3N4O3. The molecule has 0 spiro atoms. The number of nitrogens with zero attached hydrogens (tertiary/aromatic N) is 3. The van der Waals surface area contributed by atoms with Gasteiger partial charge < -0.3 is 19.7 Å². The van der Waals surface area contributed by atoms with Crippen LogP contribution in [0.4, 0.5) is 13.2 Å². The molecule has 27 heavy (non-hydrogen) atoms. The van der Waals surface area contributed by atoms with Crippen LogP contribution in [-0.4, -0.2) is 61.8 Å². The van der Waals surface area contributed by atoms with Crippen LogP contribution in [0, 0.1) is 11.8 Å². The number of rotatable bonds is 5. The number of likely N-dealkylation sites (tertiary alicyclic amines) is 1. The molecule has 2 atom stereocenters. The molecule has 0 bridgehead atoms. The molecule has 10 heteroatoms. The van der Waals surface area contributed by atoms with E-state index in [1.165, 1.54) is 19.4 Å². The lowest BCUT2D eigenvalue weighted by Gasteiger charge is -2.21. The van der Waals surface area contributed by atoms with Crippen LogP contribution in [0.25, 0.3) is 0 Å². The number of ether oxygens (including phenoxy) is 2. The number of carbonyl (C=O) groups excluding carboxylic acids is 1. The molecule has 2 unspecified atom stereocenters. The molecule has 0 saturated carbocycles. The second-order valence-electron chi connectivity index (χ2n) is 6.32. The molecule has 0 radical (unpaired) electrons. The molecule has 7 nitrogen and oxygen atoms in total. The summed E-state index contributed by atoms with van der Waals surface area (Å²) in [6.07, 6.45) is -2.96. The highest BCUT2D eigenvalue weighted by atomic mass is 19.4. The number of esters is 1. The molecule has 1 saturated heterocycles. The Labute approximate surface area is 155 Å². The summed E-state index contributed by atoms with van der Waals surface area (Å²) in [6, 6.07) is 3.01. The van der Waals surface area contributed by atoms with Gasteiger partial charge in [0.2, 0.25) is 5.88 Å². The average Bonchev–Trinajstić information content (AvgIpc) is 3.01. The molecule has 1 N–H and O–H groups in total. The second kappa shape index (κ2) is 8.92. The van der Waals surface area contributed by atoms with Crippen LogP contribution in [0.2, 0.25) is 0 Å². The molecule has 2 heterocycles. The van der Waals surface area contributed by atoms with Gasteiger partial charge in [-0.05, 0) is 11.5 Å². The van der Waals surface area contributed by atoms with Gasteiger partial charge in [-0.1, -0.05) is 13.0 Å². The first-order valence-electron chi connectivity index (χ1n) is 8.41. The van der Waals surface area contributed by atoms with Crippen LogP contribution < -0.4 is 10.1 Å². The van der Waals surface area contributed by atoms with E-state index in [9.17, 15) is 18.0 Å². The molecule has 0 aliphatic carbocycles. The highest BCUT2D eigenvalue weighted by Gasteiger charge is 2.36. The number of hydrogen-bond acceptors (Lipinski definition) is 5. The van der Waals surface area contributed by atoms with Crippen LogP contribution >= 0.6 is 0 Å². The van der Waals surface area contributed by atoms with E-state index >= 15 is 0 Å². The summed E-state index contributed by atoms with van der Waals surface area (Å²) in [6.45, 7) is 2.17. The average molecular weight is 388 g/mol. The minimum atomic E-state index is -4.40. The van der Waals surface area contributed by atoms with Crippen molar-refractivity contribution in [2.45, 2.75) is 19.6 Å². The van der Waals surface area contributed by atoms with Gasteiger partial charge in [-0.15, -0.1) is 0 Å². The lowest BCUT2D eigenvalue weighted by Crippen LogP contribution is -2.40. The molecule has 1 fully saturated rings. The summed E-state index contributed by atoms with van der Waals surface area (Å²) in [4.78, 5) is 21.9. The molecule has 1 aromatic rings. The van der Waals surface area contributed by atoms with Crippen molar-refractivity contribution in [3.63, 3.8) is 0 Å².